The van der Waals surface area contributed by atoms with Gasteiger partial charge in [0.2, 0.25) is 0 Å². The van der Waals surface area contributed by atoms with E-state index < -0.39 is 0 Å². The number of rotatable bonds is 3. The van der Waals surface area contributed by atoms with E-state index in [4.69, 9.17) is 4.98 Å². The Morgan fingerprint density at radius 1 is 1.27 bits per heavy atom. The van der Waals surface area contributed by atoms with Crippen LogP contribution in [0.4, 0.5) is 0 Å². The topological polar surface area (TPSA) is 51.0 Å². The van der Waals surface area contributed by atoms with Gasteiger partial charge in [-0.1, -0.05) is 18.2 Å². The molecule has 1 amide bonds. The summed E-state index contributed by atoms with van der Waals surface area (Å²) in [5, 5.41) is 5.27. The van der Waals surface area contributed by atoms with Gasteiger partial charge in [0.15, 0.2) is 0 Å². The molecule has 0 N–H and O–H groups in total. The quantitative estimate of drug-likeness (QED) is 0.715. The zero-order chi connectivity index (χ0) is 18.1. The highest BCUT2D eigenvalue weighted by Crippen LogP contribution is 2.27. The van der Waals surface area contributed by atoms with E-state index in [1.54, 1.807) is 0 Å². The minimum atomic E-state index is 0.111. The van der Waals surface area contributed by atoms with Gasteiger partial charge < -0.3 is 4.90 Å². The number of piperidine rings is 1. The minimum absolute atomic E-state index is 0.111. The summed E-state index contributed by atoms with van der Waals surface area (Å²) in [6.07, 6.45) is 7.15. The number of fused-ring (bicyclic) bond motifs is 1. The SMILES string of the molecule is CCn1cc(-c2cc(C(=O)N3CCCC[C@H]3C)c3ccccc3n2)cn1. The fourth-order valence-electron chi connectivity index (χ4n) is 3.72. The van der Waals surface area contributed by atoms with E-state index in [1.165, 1.54) is 6.42 Å². The molecule has 5 nitrogen and oxygen atoms in total. The molecule has 5 heteroatoms. The minimum Gasteiger partial charge on any atom is -0.336 e. The van der Waals surface area contributed by atoms with Crippen molar-refractivity contribution in [2.45, 2.75) is 45.7 Å². The monoisotopic (exact) mass is 348 g/mol. The Balaban J connectivity index is 1.83. The van der Waals surface area contributed by atoms with Crippen LogP contribution in [0, 0.1) is 0 Å². The number of pyridine rings is 1. The molecule has 4 rings (SSSR count). The Labute approximate surface area is 153 Å². The van der Waals surface area contributed by atoms with Gasteiger partial charge in [-0.25, -0.2) is 4.98 Å². The fourth-order valence-corrected chi connectivity index (χ4v) is 3.72. The molecule has 1 aromatic carbocycles. The van der Waals surface area contributed by atoms with Crippen molar-refractivity contribution in [3.63, 3.8) is 0 Å². The molecule has 0 spiro atoms. The van der Waals surface area contributed by atoms with Gasteiger partial charge in [0.1, 0.15) is 0 Å². The van der Waals surface area contributed by atoms with Gasteiger partial charge >= 0.3 is 0 Å². The Kier molecular flexibility index (Phi) is 4.45. The average molecular weight is 348 g/mol. The van der Waals surface area contributed by atoms with Crippen molar-refractivity contribution in [1.29, 1.82) is 0 Å². The molecule has 0 unspecified atom stereocenters. The number of hydrogen-bond acceptors (Lipinski definition) is 3. The maximum atomic E-state index is 13.3. The van der Waals surface area contributed by atoms with E-state index in [2.05, 4.69) is 18.9 Å². The van der Waals surface area contributed by atoms with Crippen molar-refractivity contribution in [2.75, 3.05) is 6.54 Å². The lowest BCUT2D eigenvalue weighted by atomic mass is 10.00. The van der Waals surface area contributed by atoms with Crippen molar-refractivity contribution in [3.05, 3.63) is 48.3 Å². The lowest BCUT2D eigenvalue weighted by molar-refractivity contribution is 0.0637. The van der Waals surface area contributed by atoms with Crippen LogP contribution in [0.1, 0.15) is 43.5 Å². The van der Waals surface area contributed by atoms with Gasteiger partial charge in [0.25, 0.3) is 5.91 Å². The number of hydrogen-bond donors (Lipinski definition) is 0. The van der Waals surface area contributed by atoms with Gasteiger partial charge in [0, 0.05) is 36.3 Å². The molecule has 2 aromatic heterocycles. The van der Waals surface area contributed by atoms with Crippen LogP contribution in [-0.4, -0.2) is 38.2 Å². The Morgan fingerprint density at radius 3 is 2.88 bits per heavy atom. The summed E-state index contributed by atoms with van der Waals surface area (Å²) >= 11 is 0. The lowest BCUT2D eigenvalue weighted by Gasteiger charge is -2.33. The summed E-state index contributed by atoms with van der Waals surface area (Å²) in [5.41, 5.74) is 3.33. The number of carbonyl (C=O) groups excluding carboxylic acids is 1. The van der Waals surface area contributed by atoms with Crippen molar-refractivity contribution >= 4 is 16.8 Å². The third-order valence-electron chi connectivity index (χ3n) is 5.26. The van der Waals surface area contributed by atoms with Gasteiger partial charge in [-0.3, -0.25) is 9.48 Å². The second-order valence-electron chi connectivity index (χ2n) is 7.00. The van der Waals surface area contributed by atoms with Gasteiger partial charge in [0.05, 0.1) is 23.0 Å². The zero-order valence-electron chi connectivity index (χ0n) is 15.4. The smallest absolute Gasteiger partial charge is 0.254 e. The molecule has 0 saturated carbocycles. The van der Waals surface area contributed by atoms with Crippen molar-refractivity contribution < 1.29 is 4.79 Å². The third-order valence-corrected chi connectivity index (χ3v) is 5.26. The number of carbonyl (C=O) groups is 1. The predicted molar refractivity (Wildman–Crippen MR) is 103 cm³/mol. The molecule has 26 heavy (non-hydrogen) atoms. The standard InChI is InChI=1S/C21H24N4O/c1-3-24-14-16(13-22-24)20-12-18(17-9-4-5-10-19(17)23-20)21(26)25-11-7-6-8-15(25)2/h4-5,9-10,12-15H,3,6-8,11H2,1-2H3/t15-/m1/s1. The average Bonchev–Trinajstić information content (AvgIpc) is 3.16. The second kappa shape index (κ2) is 6.90. The van der Waals surface area contributed by atoms with Crippen molar-refractivity contribution in [2.24, 2.45) is 0 Å². The van der Waals surface area contributed by atoms with E-state index in [9.17, 15) is 4.79 Å². The highest BCUT2D eigenvalue weighted by Gasteiger charge is 2.26. The van der Waals surface area contributed by atoms with Crippen LogP contribution in [0.2, 0.25) is 0 Å². The van der Waals surface area contributed by atoms with E-state index in [1.807, 2.05) is 52.3 Å². The molecular formula is C21H24N4O. The normalized spacial score (nSPS) is 17.6. The number of aryl methyl sites for hydroxylation is 1. The predicted octanol–water partition coefficient (Wildman–Crippen LogP) is 4.13. The number of benzene rings is 1. The Morgan fingerprint density at radius 2 is 2.12 bits per heavy atom. The highest BCUT2D eigenvalue weighted by molar-refractivity contribution is 6.07. The molecule has 1 aliphatic heterocycles. The van der Waals surface area contributed by atoms with E-state index in [-0.39, 0.29) is 11.9 Å². The highest BCUT2D eigenvalue weighted by atomic mass is 16.2. The first-order valence-electron chi connectivity index (χ1n) is 9.41. The summed E-state index contributed by atoms with van der Waals surface area (Å²) in [5.74, 6) is 0.111. The van der Waals surface area contributed by atoms with Crippen LogP contribution < -0.4 is 0 Å². The maximum absolute atomic E-state index is 13.3. The summed E-state index contributed by atoms with van der Waals surface area (Å²) in [6, 6.07) is 10.1. The largest absolute Gasteiger partial charge is 0.336 e. The molecular weight excluding hydrogens is 324 g/mol. The molecule has 0 radical (unpaired) electrons. The molecule has 1 fully saturated rings. The summed E-state index contributed by atoms with van der Waals surface area (Å²) in [6.45, 7) is 5.84. The molecule has 0 bridgehead atoms. The number of likely N-dealkylation sites (tertiary alicyclic amines) is 1. The van der Waals surface area contributed by atoms with Gasteiger partial charge in [-0.2, -0.15) is 5.10 Å². The van der Waals surface area contributed by atoms with Crippen LogP contribution in [0.25, 0.3) is 22.2 Å². The molecule has 1 aliphatic rings. The van der Waals surface area contributed by atoms with Crippen LogP contribution >= 0.6 is 0 Å². The Hall–Kier alpha value is -2.69. The molecule has 134 valence electrons. The number of amides is 1. The van der Waals surface area contributed by atoms with Crippen LogP contribution in [0.3, 0.4) is 0 Å². The van der Waals surface area contributed by atoms with Crippen LogP contribution in [-0.2, 0) is 6.54 Å². The third kappa shape index (κ3) is 2.98. The van der Waals surface area contributed by atoms with Gasteiger partial charge in [-0.15, -0.1) is 0 Å². The van der Waals surface area contributed by atoms with E-state index in [0.29, 0.717) is 0 Å². The van der Waals surface area contributed by atoms with Gasteiger partial charge in [-0.05, 0) is 45.2 Å². The van der Waals surface area contributed by atoms with Crippen LogP contribution in [0.5, 0.6) is 0 Å². The lowest BCUT2D eigenvalue weighted by Crippen LogP contribution is -2.42. The number of para-hydroxylation sites is 1. The first-order valence-corrected chi connectivity index (χ1v) is 9.41. The number of aromatic nitrogens is 3. The first-order chi connectivity index (χ1) is 12.7. The summed E-state index contributed by atoms with van der Waals surface area (Å²) in [4.78, 5) is 20.1. The molecule has 1 saturated heterocycles. The fraction of sp³-hybridized carbons (Fsp3) is 0.381. The number of nitrogens with zero attached hydrogens (tertiary/aromatic N) is 4. The molecule has 3 aromatic rings. The first kappa shape index (κ1) is 16.8. The zero-order valence-corrected chi connectivity index (χ0v) is 15.4. The molecule has 3 heterocycles. The molecule has 0 aliphatic carbocycles. The van der Waals surface area contributed by atoms with Crippen molar-refractivity contribution in [1.82, 2.24) is 19.7 Å². The van der Waals surface area contributed by atoms with E-state index in [0.717, 1.165) is 53.7 Å². The van der Waals surface area contributed by atoms with Crippen molar-refractivity contribution in [3.8, 4) is 11.3 Å². The summed E-state index contributed by atoms with van der Waals surface area (Å²) in [7, 11) is 0. The maximum Gasteiger partial charge on any atom is 0.254 e. The second-order valence-corrected chi connectivity index (χ2v) is 7.00. The Bertz CT molecular complexity index is 946. The molecule has 1 atom stereocenters. The van der Waals surface area contributed by atoms with Crippen LogP contribution in [0.15, 0.2) is 42.7 Å². The summed E-state index contributed by atoms with van der Waals surface area (Å²) < 4.78 is 1.88. The van der Waals surface area contributed by atoms with E-state index >= 15 is 0 Å².